The van der Waals surface area contributed by atoms with Crippen LogP contribution in [0.15, 0.2) is 54.9 Å². The maximum Gasteiger partial charge on any atom is 0.255 e. The van der Waals surface area contributed by atoms with Gasteiger partial charge in [-0.2, -0.15) is 0 Å². The molecular weight excluding hydrogens is 388 g/mol. The second kappa shape index (κ2) is 8.49. The van der Waals surface area contributed by atoms with Crippen molar-refractivity contribution in [2.45, 2.75) is 12.8 Å². The molecule has 29 heavy (non-hydrogen) atoms. The van der Waals surface area contributed by atoms with Gasteiger partial charge in [0.15, 0.2) is 0 Å². The minimum Gasteiger partial charge on any atom is -0.495 e. The molecule has 4 rings (SSSR count). The zero-order valence-corrected chi connectivity index (χ0v) is 16.8. The molecule has 148 valence electrons. The SMILES string of the molecule is COc1ccc(NC(=O)c2cccc(-c3cnc(N4CCCC4)nc3)c2)cc1Cl. The van der Waals surface area contributed by atoms with Crippen LogP contribution in [-0.2, 0) is 0 Å². The maximum absolute atomic E-state index is 12.7. The summed E-state index contributed by atoms with van der Waals surface area (Å²) < 4.78 is 5.14. The van der Waals surface area contributed by atoms with Crippen LogP contribution in [0.2, 0.25) is 5.02 Å². The Morgan fingerprint density at radius 1 is 1.07 bits per heavy atom. The molecule has 1 aliphatic rings. The lowest BCUT2D eigenvalue weighted by Crippen LogP contribution is -2.20. The van der Waals surface area contributed by atoms with Crippen LogP contribution in [0.4, 0.5) is 11.6 Å². The Morgan fingerprint density at radius 3 is 2.52 bits per heavy atom. The molecular formula is C22H21ClN4O2. The van der Waals surface area contributed by atoms with E-state index in [0.717, 1.165) is 30.2 Å². The Kier molecular flexibility index (Phi) is 5.62. The van der Waals surface area contributed by atoms with Gasteiger partial charge < -0.3 is 15.0 Å². The maximum atomic E-state index is 12.7. The van der Waals surface area contributed by atoms with E-state index >= 15 is 0 Å². The molecule has 0 aliphatic carbocycles. The molecule has 0 bridgehead atoms. The Labute approximate surface area is 174 Å². The van der Waals surface area contributed by atoms with Crippen molar-refractivity contribution in [1.82, 2.24) is 9.97 Å². The van der Waals surface area contributed by atoms with E-state index in [4.69, 9.17) is 16.3 Å². The predicted molar refractivity (Wildman–Crippen MR) is 115 cm³/mol. The first-order chi connectivity index (χ1) is 14.1. The smallest absolute Gasteiger partial charge is 0.255 e. The summed E-state index contributed by atoms with van der Waals surface area (Å²) in [6, 6.07) is 12.5. The van der Waals surface area contributed by atoms with Crippen molar-refractivity contribution in [3.8, 4) is 16.9 Å². The van der Waals surface area contributed by atoms with Gasteiger partial charge in [0, 0.05) is 42.3 Å². The first-order valence-corrected chi connectivity index (χ1v) is 9.84. The number of anilines is 2. The van der Waals surface area contributed by atoms with Gasteiger partial charge in [0.05, 0.1) is 12.1 Å². The number of aromatic nitrogens is 2. The lowest BCUT2D eigenvalue weighted by Gasteiger charge is -2.14. The summed E-state index contributed by atoms with van der Waals surface area (Å²) >= 11 is 6.13. The Balaban J connectivity index is 1.50. The molecule has 6 nitrogen and oxygen atoms in total. The standard InChI is InChI=1S/C22H21ClN4O2/c1-29-20-8-7-18(12-19(20)23)26-21(28)16-6-4-5-15(11-16)17-13-24-22(25-14-17)27-9-2-3-10-27/h4-8,11-14H,2-3,9-10H2,1H3,(H,26,28). The van der Waals surface area contributed by atoms with Gasteiger partial charge in [-0.05, 0) is 48.7 Å². The van der Waals surface area contributed by atoms with E-state index in [2.05, 4.69) is 20.2 Å². The summed E-state index contributed by atoms with van der Waals surface area (Å²) in [7, 11) is 1.55. The van der Waals surface area contributed by atoms with E-state index in [0.29, 0.717) is 22.0 Å². The molecule has 0 spiro atoms. The fourth-order valence-corrected chi connectivity index (χ4v) is 3.60. The highest BCUT2D eigenvalue weighted by molar-refractivity contribution is 6.32. The highest BCUT2D eigenvalue weighted by Crippen LogP contribution is 2.28. The quantitative estimate of drug-likeness (QED) is 0.665. The molecule has 7 heteroatoms. The molecule has 1 saturated heterocycles. The number of carbonyl (C=O) groups is 1. The fraction of sp³-hybridized carbons (Fsp3) is 0.227. The van der Waals surface area contributed by atoms with Gasteiger partial charge in [-0.3, -0.25) is 4.79 Å². The van der Waals surface area contributed by atoms with Gasteiger partial charge in [0.2, 0.25) is 5.95 Å². The monoisotopic (exact) mass is 408 g/mol. The number of hydrogen-bond acceptors (Lipinski definition) is 5. The van der Waals surface area contributed by atoms with Gasteiger partial charge in [0.1, 0.15) is 5.75 Å². The third kappa shape index (κ3) is 4.32. The van der Waals surface area contributed by atoms with E-state index in [-0.39, 0.29) is 5.91 Å². The van der Waals surface area contributed by atoms with Crippen molar-refractivity contribution in [1.29, 1.82) is 0 Å². The van der Waals surface area contributed by atoms with E-state index in [1.165, 1.54) is 12.8 Å². The second-order valence-corrected chi connectivity index (χ2v) is 7.26. The van der Waals surface area contributed by atoms with Crippen molar-refractivity contribution < 1.29 is 9.53 Å². The molecule has 2 aromatic carbocycles. The molecule has 0 atom stereocenters. The van der Waals surface area contributed by atoms with E-state index in [1.54, 1.807) is 43.8 Å². The first kappa shape index (κ1) is 19.2. The van der Waals surface area contributed by atoms with Gasteiger partial charge in [-0.1, -0.05) is 23.7 Å². The summed E-state index contributed by atoms with van der Waals surface area (Å²) in [6.45, 7) is 2.01. The van der Waals surface area contributed by atoms with Crippen molar-refractivity contribution in [2.75, 3.05) is 30.4 Å². The van der Waals surface area contributed by atoms with Crippen molar-refractivity contribution in [3.05, 3.63) is 65.4 Å². The number of methoxy groups -OCH3 is 1. The average Bonchev–Trinajstić information content (AvgIpc) is 3.29. The zero-order chi connectivity index (χ0) is 20.2. The van der Waals surface area contributed by atoms with Crippen molar-refractivity contribution in [3.63, 3.8) is 0 Å². The first-order valence-electron chi connectivity index (χ1n) is 9.46. The number of ether oxygens (including phenoxy) is 1. The van der Waals surface area contributed by atoms with E-state index in [1.807, 2.05) is 18.2 Å². The number of hydrogen-bond donors (Lipinski definition) is 1. The van der Waals surface area contributed by atoms with Gasteiger partial charge in [-0.15, -0.1) is 0 Å². The van der Waals surface area contributed by atoms with Crippen LogP contribution in [0.25, 0.3) is 11.1 Å². The zero-order valence-electron chi connectivity index (χ0n) is 16.1. The Morgan fingerprint density at radius 2 is 1.83 bits per heavy atom. The topological polar surface area (TPSA) is 67.3 Å². The Bertz CT molecular complexity index is 1020. The molecule has 1 aliphatic heterocycles. The lowest BCUT2D eigenvalue weighted by atomic mass is 10.1. The fourth-order valence-electron chi connectivity index (χ4n) is 3.34. The number of nitrogens with one attached hydrogen (secondary N) is 1. The third-order valence-corrected chi connectivity index (χ3v) is 5.19. The predicted octanol–water partition coefficient (Wildman–Crippen LogP) is 4.66. The van der Waals surface area contributed by atoms with E-state index < -0.39 is 0 Å². The van der Waals surface area contributed by atoms with Crippen LogP contribution >= 0.6 is 11.6 Å². The number of benzene rings is 2. The van der Waals surface area contributed by atoms with Gasteiger partial charge in [-0.25, -0.2) is 9.97 Å². The van der Waals surface area contributed by atoms with Crippen molar-refractivity contribution >= 4 is 29.1 Å². The lowest BCUT2D eigenvalue weighted by molar-refractivity contribution is 0.102. The molecule has 2 heterocycles. The number of amides is 1. The molecule has 0 unspecified atom stereocenters. The second-order valence-electron chi connectivity index (χ2n) is 6.85. The molecule has 0 saturated carbocycles. The summed E-state index contributed by atoms with van der Waals surface area (Å²) in [4.78, 5) is 23.8. The third-order valence-electron chi connectivity index (χ3n) is 4.89. The Hall–Kier alpha value is -3.12. The summed E-state index contributed by atoms with van der Waals surface area (Å²) in [6.07, 6.45) is 5.98. The highest BCUT2D eigenvalue weighted by Gasteiger charge is 2.15. The summed E-state index contributed by atoms with van der Waals surface area (Å²) in [5, 5.41) is 3.30. The van der Waals surface area contributed by atoms with Gasteiger partial charge >= 0.3 is 0 Å². The van der Waals surface area contributed by atoms with Crippen LogP contribution in [-0.4, -0.2) is 36.1 Å². The van der Waals surface area contributed by atoms with Gasteiger partial charge in [0.25, 0.3) is 5.91 Å². The number of nitrogens with zero attached hydrogens (tertiary/aromatic N) is 3. The van der Waals surface area contributed by atoms with Crippen LogP contribution < -0.4 is 15.0 Å². The van der Waals surface area contributed by atoms with E-state index in [9.17, 15) is 4.79 Å². The number of carbonyl (C=O) groups excluding carboxylic acids is 1. The normalized spacial score (nSPS) is 13.4. The molecule has 1 aromatic heterocycles. The van der Waals surface area contributed by atoms with Crippen LogP contribution in [0.5, 0.6) is 5.75 Å². The highest BCUT2D eigenvalue weighted by atomic mass is 35.5. The van der Waals surface area contributed by atoms with Crippen LogP contribution in [0.3, 0.4) is 0 Å². The minimum absolute atomic E-state index is 0.220. The molecule has 3 aromatic rings. The van der Waals surface area contributed by atoms with Crippen molar-refractivity contribution in [2.24, 2.45) is 0 Å². The molecule has 1 amide bonds. The number of rotatable bonds is 5. The van der Waals surface area contributed by atoms with Crippen LogP contribution in [0.1, 0.15) is 23.2 Å². The molecule has 1 N–H and O–H groups in total. The number of halogens is 1. The molecule has 1 fully saturated rings. The molecule has 0 radical (unpaired) electrons. The summed E-state index contributed by atoms with van der Waals surface area (Å²) in [5.41, 5.74) is 2.90. The largest absolute Gasteiger partial charge is 0.495 e. The van der Waals surface area contributed by atoms with Crippen LogP contribution in [0, 0.1) is 0 Å². The minimum atomic E-state index is -0.220. The average molecular weight is 409 g/mol. The summed E-state index contributed by atoms with van der Waals surface area (Å²) in [5.74, 6) is 1.10.